The molecule has 3 nitrogen and oxygen atoms in total. The molecule has 0 saturated heterocycles. The molecule has 0 saturated carbocycles. The number of hydrogen-bond acceptors (Lipinski definition) is 4. The van der Waals surface area contributed by atoms with Gasteiger partial charge in [-0.15, -0.1) is 0 Å². The molecule has 0 amide bonds. The van der Waals surface area contributed by atoms with E-state index in [4.69, 9.17) is 23.8 Å². The van der Waals surface area contributed by atoms with Crippen molar-refractivity contribution in [1.29, 1.82) is 0 Å². The summed E-state index contributed by atoms with van der Waals surface area (Å²) in [7, 11) is 1.72. The molecule has 0 aliphatic rings. The second-order valence-electron chi connectivity index (χ2n) is 3.81. The standard InChI is InChI=1S/C12H11ClN2OS2/c1-7-3-4-8(5-9(7)13)14-6-10-11(16)15(2)12(17)18-10/h3-6,16H,1-2H3. The van der Waals surface area contributed by atoms with Crippen LogP contribution in [0.5, 0.6) is 5.88 Å². The quantitative estimate of drug-likeness (QED) is 0.665. The fourth-order valence-corrected chi connectivity index (χ4v) is 2.61. The minimum Gasteiger partial charge on any atom is -0.493 e. The molecule has 0 radical (unpaired) electrons. The molecule has 94 valence electrons. The number of rotatable bonds is 2. The lowest BCUT2D eigenvalue weighted by molar-refractivity contribution is 0.430. The van der Waals surface area contributed by atoms with Crippen molar-refractivity contribution in [3.63, 3.8) is 0 Å². The number of benzene rings is 1. The van der Waals surface area contributed by atoms with Crippen molar-refractivity contribution in [2.24, 2.45) is 12.0 Å². The van der Waals surface area contributed by atoms with Gasteiger partial charge in [0.15, 0.2) is 3.95 Å². The molecule has 0 aliphatic heterocycles. The summed E-state index contributed by atoms with van der Waals surface area (Å²) in [5, 5.41) is 10.5. The molecule has 1 heterocycles. The summed E-state index contributed by atoms with van der Waals surface area (Å²) in [5.74, 6) is 0.131. The number of aromatic nitrogens is 1. The van der Waals surface area contributed by atoms with E-state index < -0.39 is 0 Å². The van der Waals surface area contributed by atoms with E-state index in [0.717, 1.165) is 11.3 Å². The van der Waals surface area contributed by atoms with Crippen molar-refractivity contribution in [2.75, 3.05) is 0 Å². The van der Waals surface area contributed by atoms with Crippen molar-refractivity contribution in [3.05, 3.63) is 37.6 Å². The molecule has 2 aromatic rings. The Morgan fingerprint density at radius 2 is 2.22 bits per heavy atom. The third-order valence-corrected chi connectivity index (χ3v) is 4.38. The van der Waals surface area contributed by atoms with Gasteiger partial charge in [-0.2, -0.15) is 0 Å². The van der Waals surface area contributed by atoms with Crippen LogP contribution in [0.25, 0.3) is 0 Å². The molecule has 18 heavy (non-hydrogen) atoms. The molecule has 1 N–H and O–H groups in total. The van der Waals surface area contributed by atoms with Crippen molar-refractivity contribution in [2.45, 2.75) is 6.92 Å². The van der Waals surface area contributed by atoms with Crippen LogP contribution in [-0.4, -0.2) is 15.9 Å². The van der Waals surface area contributed by atoms with Gasteiger partial charge < -0.3 is 5.11 Å². The highest BCUT2D eigenvalue weighted by atomic mass is 35.5. The molecular formula is C12H11ClN2OS2. The lowest BCUT2D eigenvalue weighted by Crippen LogP contribution is -1.86. The molecule has 1 aromatic carbocycles. The molecule has 6 heteroatoms. The Kier molecular flexibility index (Phi) is 3.85. The van der Waals surface area contributed by atoms with Gasteiger partial charge in [-0.05, 0) is 36.8 Å². The van der Waals surface area contributed by atoms with E-state index in [1.54, 1.807) is 23.9 Å². The molecule has 0 spiro atoms. The van der Waals surface area contributed by atoms with Crippen LogP contribution in [0.4, 0.5) is 5.69 Å². The SMILES string of the molecule is Cc1ccc(N=Cc2sc(=S)n(C)c2O)cc1Cl. The first-order valence-corrected chi connectivity index (χ1v) is 6.78. The number of aromatic hydroxyl groups is 1. The largest absolute Gasteiger partial charge is 0.493 e. The Labute approximate surface area is 119 Å². The van der Waals surface area contributed by atoms with E-state index in [1.807, 2.05) is 19.1 Å². The second-order valence-corrected chi connectivity index (χ2v) is 5.89. The number of aliphatic imine (C=N–C) groups is 1. The minimum absolute atomic E-state index is 0.131. The second kappa shape index (κ2) is 5.22. The van der Waals surface area contributed by atoms with Crippen LogP contribution in [0.3, 0.4) is 0 Å². The summed E-state index contributed by atoms with van der Waals surface area (Å²) >= 11 is 12.4. The Morgan fingerprint density at radius 3 is 2.78 bits per heavy atom. The van der Waals surface area contributed by atoms with Crippen LogP contribution >= 0.6 is 35.2 Å². The summed E-state index contributed by atoms with van der Waals surface area (Å²) in [4.78, 5) is 4.91. The normalized spacial score (nSPS) is 11.3. The Bertz CT molecular complexity index is 673. The summed E-state index contributed by atoms with van der Waals surface area (Å²) < 4.78 is 2.15. The van der Waals surface area contributed by atoms with Crippen LogP contribution in [0.2, 0.25) is 5.02 Å². The number of thiazole rings is 1. The predicted octanol–water partition coefficient (Wildman–Crippen LogP) is 4.23. The number of halogens is 1. The van der Waals surface area contributed by atoms with Crippen LogP contribution < -0.4 is 0 Å². The van der Waals surface area contributed by atoms with Gasteiger partial charge in [0.05, 0.1) is 11.9 Å². The van der Waals surface area contributed by atoms with Gasteiger partial charge >= 0.3 is 0 Å². The van der Waals surface area contributed by atoms with E-state index in [-0.39, 0.29) is 5.88 Å². The Balaban J connectivity index is 2.32. The molecule has 2 rings (SSSR count). The van der Waals surface area contributed by atoms with Crippen LogP contribution in [0, 0.1) is 10.9 Å². The lowest BCUT2D eigenvalue weighted by atomic mass is 10.2. The van der Waals surface area contributed by atoms with Gasteiger partial charge in [0, 0.05) is 12.1 Å². The molecule has 0 fully saturated rings. The van der Waals surface area contributed by atoms with E-state index in [9.17, 15) is 5.11 Å². The summed E-state index contributed by atoms with van der Waals surface area (Å²) in [6, 6.07) is 5.56. The zero-order valence-corrected chi connectivity index (χ0v) is 12.2. The fraction of sp³-hybridized carbons (Fsp3) is 0.167. The van der Waals surface area contributed by atoms with Crippen molar-refractivity contribution in [3.8, 4) is 5.88 Å². The third-order valence-electron chi connectivity index (χ3n) is 2.50. The molecule has 0 unspecified atom stereocenters. The smallest absolute Gasteiger partial charge is 0.211 e. The van der Waals surface area contributed by atoms with E-state index >= 15 is 0 Å². The van der Waals surface area contributed by atoms with E-state index in [2.05, 4.69) is 4.99 Å². The van der Waals surface area contributed by atoms with Crippen molar-refractivity contribution < 1.29 is 5.11 Å². The first-order chi connectivity index (χ1) is 8.49. The molecular weight excluding hydrogens is 288 g/mol. The Morgan fingerprint density at radius 1 is 1.50 bits per heavy atom. The van der Waals surface area contributed by atoms with Crippen LogP contribution in [0.15, 0.2) is 23.2 Å². The first-order valence-electron chi connectivity index (χ1n) is 5.18. The summed E-state index contributed by atoms with van der Waals surface area (Å²) in [5.41, 5.74) is 1.75. The molecule has 1 aromatic heterocycles. The molecule has 0 aliphatic carbocycles. The van der Waals surface area contributed by atoms with E-state index in [0.29, 0.717) is 13.9 Å². The van der Waals surface area contributed by atoms with Gasteiger partial charge in [-0.25, -0.2) is 0 Å². The molecule has 0 bridgehead atoms. The molecule has 0 atom stereocenters. The average Bonchev–Trinajstić information content (AvgIpc) is 2.58. The third kappa shape index (κ3) is 2.63. The van der Waals surface area contributed by atoms with Gasteiger partial charge in [0.1, 0.15) is 4.88 Å². The van der Waals surface area contributed by atoms with Crippen LogP contribution in [0.1, 0.15) is 10.4 Å². The summed E-state index contributed by atoms with van der Waals surface area (Å²) in [6.07, 6.45) is 1.59. The maximum absolute atomic E-state index is 9.78. The maximum Gasteiger partial charge on any atom is 0.211 e. The number of nitrogens with zero attached hydrogens (tertiary/aromatic N) is 2. The topological polar surface area (TPSA) is 37.5 Å². The fourth-order valence-electron chi connectivity index (χ4n) is 1.34. The summed E-state index contributed by atoms with van der Waals surface area (Å²) in [6.45, 7) is 1.93. The van der Waals surface area contributed by atoms with Crippen LogP contribution in [-0.2, 0) is 7.05 Å². The first kappa shape index (κ1) is 13.3. The Hall–Kier alpha value is -1.17. The number of aryl methyl sites for hydroxylation is 1. The minimum atomic E-state index is 0.131. The highest BCUT2D eigenvalue weighted by molar-refractivity contribution is 7.73. The predicted molar refractivity (Wildman–Crippen MR) is 79.2 cm³/mol. The highest BCUT2D eigenvalue weighted by Gasteiger charge is 2.06. The van der Waals surface area contributed by atoms with Gasteiger partial charge in [0.25, 0.3) is 0 Å². The van der Waals surface area contributed by atoms with Gasteiger partial charge in [0.2, 0.25) is 5.88 Å². The van der Waals surface area contributed by atoms with E-state index in [1.165, 1.54) is 11.3 Å². The lowest BCUT2D eigenvalue weighted by Gasteiger charge is -1.98. The van der Waals surface area contributed by atoms with Gasteiger partial charge in [-0.3, -0.25) is 9.56 Å². The highest BCUT2D eigenvalue weighted by Crippen LogP contribution is 2.25. The monoisotopic (exact) mass is 298 g/mol. The average molecular weight is 299 g/mol. The zero-order chi connectivity index (χ0) is 13.3. The van der Waals surface area contributed by atoms with Crippen molar-refractivity contribution >= 4 is 47.1 Å². The maximum atomic E-state index is 9.78. The number of hydrogen-bond donors (Lipinski definition) is 1. The zero-order valence-electron chi connectivity index (χ0n) is 9.85. The van der Waals surface area contributed by atoms with Crippen molar-refractivity contribution in [1.82, 2.24) is 4.57 Å². The van der Waals surface area contributed by atoms with Gasteiger partial charge in [-0.1, -0.05) is 29.0 Å².